The highest BCUT2D eigenvalue weighted by molar-refractivity contribution is 6.33. The van der Waals surface area contributed by atoms with Crippen LogP contribution in [-0.2, 0) is 4.74 Å². The Labute approximate surface area is 154 Å². The van der Waals surface area contributed by atoms with E-state index in [2.05, 4.69) is 4.90 Å². The van der Waals surface area contributed by atoms with E-state index in [0.29, 0.717) is 28.6 Å². The van der Waals surface area contributed by atoms with Crippen LogP contribution in [-0.4, -0.2) is 50.8 Å². The van der Waals surface area contributed by atoms with Crippen molar-refractivity contribution in [1.29, 1.82) is 0 Å². The zero-order valence-corrected chi connectivity index (χ0v) is 15.6. The summed E-state index contributed by atoms with van der Waals surface area (Å²) < 4.78 is 10.6. The Morgan fingerprint density at radius 1 is 1.36 bits per heavy atom. The smallest absolute Gasteiger partial charge is 0.342 e. The highest BCUT2D eigenvalue weighted by Crippen LogP contribution is 2.29. The second kappa shape index (κ2) is 9.85. The Bertz CT molecular complexity index is 575. The summed E-state index contributed by atoms with van der Waals surface area (Å²) in [7, 11) is 1.48. The largest absolute Gasteiger partial charge is 0.496 e. The van der Waals surface area contributed by atoms with E-state index in [4.69, 9.17) is 32.5 Å². The molecule has 0 bridgehead atoms. The molecule has 0 saturated carbocycles. The van der Waals surface area contributed by atoms with Gasteiger partial charge in [0.25, 0.3) is 0 Å². The van der Waals surface area contributed by atoms with Crippen LogP contribution in [0.2, 0.25) is 5.02 Å². The molecule has 1 saturated heterocycles. The van der Waals surface area contributed by atoms with Crippen LogP contribution in [0.25, 0.3) is 0 Å². The number of nitrogens with two attached hydrogens (primary N) is 2. The molecule has 4 N–H and O–H groups in total. The average molecular weight is 370 g/mol. The predicted molar refractivity (Wildman–Crippen MR) is 100 cm³/mol. The van der Waals surface area contributed by atoms with Crippen LogP contribution in [0.1, 0.15) is 36.0 Å². The fourth-order valence-corrected chi connectivity index (χ4v) is 3.31. The number of esters is 1. The molecule has 0 aromatic heterocycles. The highest BCUT2D eigenvalue weighted by Gasteiger charge is 2.20. The Morgan fingerprint density at radius 2 is 2.08 bits per heavy atom. The molecule has 2 rings (SSSR count). The first-order valence-electron chi connectivity index (χ1n) is 8.77. The maximum atomic E-state index is 12.3. The number of rotatable bonds is 8. The first kappa shape index (κ1) is 19.8. The Hall–Kier alpha value is -1.50. The summed E-state index contributed by atoms with van der Waals surface area (Å²) in [4.78, 5) is 14.6. The summed E-state index contributed by atoms with van der Waals surface area (Å²) in [5.41, 5.74) is 12.0. The topological polar surface area (TPSA) is 90.8 Å². The number of carbonyl (C=O) groups excluding carboxylic acids is 1. The molecule has 0 amide bonds. The summed E-state index contributed by atoms with van der Waals surface area (Å²) in [5.74, 6) is 0.702. The Kier molecular flexibility index (Phi) is 7.81. The molecule has 0 unspecified atom stereocenters. The third-order valence-electron chi connectivity index (χ3n) is 4.70. The number of carbonyl (C=O) groups is 1. The van der Waals surface area contributed by atoms with Crippen LogP contribution in [0.5, 0.6) is 5.75 Å². The summed E-state index contributed by atoms with van der Waals surface area (Å²) in [6, 6.07) is 3.02. The van der Waals surface area contributed by atoms with Gasteiger partial charge in [0.1, 0.15) is 17.9 Å². The number of hydrogen-bond donors (Lipinski definition) is 2. The molecule has 7 heteroatoms. The fraction of sp³-hybridized carbons (Fsp3) is 0.611. The summed E-state index contributed by atoms with van der Waals surface area (Å²) in [6.07, 6.45) is 4.70. The lowest BCUT2D eigenvalue weighted by Gasteiger charge is -2.31. The average Bonchev–Trinajstić information content (AvgIpc) is 2.62. The second-order valence-electron chi connectivity index (χ2n) is 6.43. The molecule has 1 aliphatic rings. The van der Waals surface area contributed by atoms with E-state index in [1.54, 1.807) is 0 Å². The van der Waals surface area contributed by atoms with Crippen molar-refractivity contribution in [3.05, 3.63) is 22.7 Å². The molecule has 1 fully saturated rings. The molecule has 140 valence electrons. The first-order chi connectivity index (χ1) is 12.0. The number of methoxy groups -OCH3 is 1. The molecule has 0 atom stereocenters. The third kappa shape index (κ3) is 5.76. The van der Waals surface area contributed by atoms with Gasteiger partial charge in [0.2, 0.25) is 0 Å². The molecule has 1 heterocycles. The van der Waals surface area contributed by atoms with Crippen LogP contribution in [0.4, 0.5) is 5.69 Å². The molecule has 1 aromatic rings. The van der Waals surface area contributed by atoms with Crippen LogP contribution < -0.4 is 16.2 Å². The number of likely N-dealkylation sites (tertiary alicyclic amines) is 1. The second-order valence-corrected chi connectivity index (χ2v) is 6.83. The zero-order chi connectivity index (χ0) is 18.2. The van der Waals surface area contributed by atoms with Gasteiger partial charge in [-0.3, -0.25) is 4.90 Å². The molecule has 0 spiro atoms. The normalized spacial score (nSPS) is 16.0. The van der Waals surface area contributed by atoms with Crippen molar-refractivity contribution in [3.8, 4) is 5.75 Å². The predicted octanol–water partition coefficient (Wildman–Crippen LogP) is 2.54. The minimum atomic E-state index is -0.448. The summed E-state index contributed by atoms with van der Waals surface area (Å²) in [5, 5.41) is 0.312. The number of benzene rings is 1. The van der Waals surface area contributed by atoms with E-state index in [0.717, 1.165) is 38.5 Å². The molecule has 6 nitrogen and oxygen atoms in total. The third-order valence-corrected chi connectivity index (χ3v) is 5.03. The number of nitrogens with zero attached hydrogens (tertiary/aromatic N) is 1. The molecule has 0 aliphatic carbocycles. The number of ether oxygens (including phenoxy) is 2. The van der Waals surface area contributed by atoms with Gasteiger partial charge in [-0.05, 0) is 57.3 Å². The standard InChI is InChI=1S/C18H28ClN3O3/c1-24-17-12-16(21)15(19)11-14(17)18(23)25-10-9-22-7-4-13(5-8-22)3-2-6-20/h11-13H,2-10,20-21H2,1H3. The fourth-order valence-electron chi connectivity index (χ4n) is 3.15. The van der Waals surface area contributed by atoms with Crippen LogP contribution in [0.15, 0.2) is 12.1 Å². The van der Waals surface area contributed by atoms with Gasteiger partial charge < -0.3 is 20.9 Å². The van der Waals surface area contributed by atoms with E-state index in [1.165, 1.54) is 38.5 Å². The van der Waals surface area contributed by atoms with Crippen molar-refractivity contribution >= 4 is 23.3 Å². The van der Waals surface area contributed by atoms with Gasteiger partial charge in [0, 0.05) is 12.6 Å². The van der Waals surface area contributed by atoms with Gasteiger partial charge in [0.05, 0.1) is 17.8 Å². The molecule has 25 heavy (non-hydrogen) atoms. The minimum absolute atomic E-state index is 0.294. The van der Waals surface area contributed by atoms with Crippen molar-refractivity contribution in [2.75, 3.05) is 45.6 Å². The van der Waals surface area contributed by atoms with E-state index < -0.39 is 5.97 Å². The highest BCUT2D eigenvalue weighted by atomic mass is 35.5. The quantitative estimate of drug-likeness (QED) is 0.540. The Morgan fingerprint density at radius 3 is 2.72 bits per heavy atom. The monoisotopic (exact) mass is 369 g/mol. The minimum Gasteiger partial charge on any atom is -0.496 e. The molecular weight excluding hydrogens is 342 g/mol. The van der Waals surface area contributed by atoms with Crippen molar-refractivity contribution in [3.63, 3.8) is 0 Å². The number of hydrogen-bond acceptors (Lipinski definition) is 6. The summed E-state index contributed by atoms with van der Waals surface area (Å²) in [6.45, 7) is 3.94. The lowest BCUT2D eigenvalue weighted by molar-refractivity contribution is 0.0436. The van der Waals surface area contributed by atoms with Gasteiger partial charge in [-0.15, -0.1) is 0 Å². The van der Waals surface area contributed by atoms with E-state index >= 15 is 0 Å². The number of anilines is 1. The molecular formula is C18H28ClN3O3. The van der Waals surface area contributed by atoms with Crippen LogP contribution in [0, 0.1) is 5.92 Å². The number of nitrogen functional groups attached to an aromatic ring is 1. The summed E-state index contributed by atoms with van der Waals surface area (Å²) >= 11 is 5.99. The zero-order valence-electron chi connectivity index (χ0n) is 14.8. The van der Waals surface area contributed by atoms with Crippen molar-refractivity contribution in [1.82, 2.24) is 4.90 Å². The van der Waals surface area contributed by atoms with Crippen molar-refractivity contribution in [2.24, 2.45) is 11.7 Å². The Balaban J connectivity index is 1.77. The van der Waals surface area contributed by atoms with Crippen molar-refractivity contribution < 1.29 is 14.3 Å². The van der Waals surface area contributed by atoms with Gasteiger partial charge in [-0.2, -0.15) is 0 Å². The molecule has 0 radical (unpaired) electrons. The lowest BCUT2D eigenvalue weighted by Crippen LogP contribution is -2.36. The number of halogens is 1. The first-order valence-corrected chi connectivity index (χ1v) is 9.15. The number of piperidine rings is 1. The van der Waals surface area contributed by atoms with E-state index in [-0.39, 0.29) is 0 Å². The van der Waals surface area contributed by atoms with Gasteiger partial charge >= 0.3 is 5.97 Å². The van der Waals surface area contributed by atoms with Crippen molar-refractivity contribution in [2.45, 2.75) is 25.7 Å². The van der Waals surface area contributed by atoms with Gasteiger partial charge in [-0.1, -0.05) is 11.6 Å². The maximum Gasteiger partial charge on any atom is 0.342 e. The van der Waals surface area contributed by atoms with Crippen LogP contribution in [0.3, 0.4) is 0 Å². The van der Waals surface area contributed by atoms with E-state index in [9.17, 15) is 4.79 Å². The molecule has 1 aliphatic heterocycles. The van der Waals surface area contributed by atoms with Crippen LogP contribution >= 0.6 is 11.6 Å². The maximum absolute atomic E-state index is 12.3. The SMILES string of the molecule is COc1cc(N)c(Cl)cc1C(=O)OCCN1CCC(CCCN)CC1. The van der Waals surface area contributed by atoms with Gasteiger partial charge in [-0.25, -0.2) is 4.79 Å². The lowest BCUT2D eigenvalue weighted by atomic mass is 9.92. The van der Waals surface area contributed by atoms with Gasteiger partial charge in [0.15, 0.2) is 0 Å². The van der Waals surface area contributed by atoms with E-state index in [1.807, 2.05) is 0 Å². The molecule has 1 aromatic carbocycles.